The first-order valence-corrected chi connectivity index (χ1v) is 10.1. The van der Waals surface area contributed by atoms with Crippen LogP contribution in [-0.2, 0) is 27.7 Å². The summed E-state index contributed by atoms with van der Waals surface area (Å²) in [7, 11) is -3.75. The normalized spacial score (nSPS) is 21.0. The van der Waals surface area contributed by atoms with Gasteiger partial charge >= 0.3 is 5.76 Å². The molecule has 2 aliphatic heterocycles. The molecule has 4 heterocycles. The zero-order valence-electron chi connectivity index (χ0n) is 14.3. The summed E-state index contributed by atoms with van der Waals surface area (Å²) in [5, 5.41) is 0. The number of benzene rings is 1. The Labute approximate surface area is 154 Å². The van der Waals surface area contributed by atoms with Crippen molar-refractivity contribution in [1.82, 2.24) is 14.3 Å². The highest BCUT2D eigenvalue weighted by atomic mass is 32.2. The fourth-order valence-corrected chi connectivity index (χ4v) is 4.96. The van der Waals surface area contributed by atoms with Gasteiger partial charge in [-0.2, -0.15) is 4.31 Å². The minimum atomic E-state index is -3.75. The smallest absolute Gasteiger partial charge is 0.417 e. The number of hydrogen-bond donors (Lipinski definition) is 1. The first-order chi connectivity index (χ1) is 13.0. The second kappa shape index (κ2) is 6.04. The molecule has 1 atom stereocenters. The Morgan fingerprint density at radius 2 is 2.15 bits per heavy atom. The molecule has 1 saturated heterocycles. The van der Waals surface area contributed by atoms with E-state index in [1.807, 2.05) is 0 Å². The first-order valence-electron chi connectivity index (χ1n) is 8.70. The van der Waals surface area contributed by atoms with Gasteiger partial charge in [-0.1, -0.05) is 0 Å². The van der Waals surface area contributed by atoms with Crippen LogP contribution in [0.15, 0.2) is 36.7 Å². The Balaban J connectivity index is 1.44. The molecule has 0 radical (unpaired) electrons. The van der Waals surface area contributed by atoms with Crippen LogP contribution in [0.5, 0.6) is 0 Å². The predicted octanol–water partition coefficient (Wildman–Crippen LogP) is 1.36. The molecular formula is C17H17N3O6S. The van der Waals surface area contributed by atoms with Gasteiger partial charge in [-0.25, -0.2) is 18.2 Å². The van der Waals surface area contributed by atoms with Gasteiger partial charge < -0.3 is 13.6 Å². The third kappa shape index (κ3) is 2.80. The van der Waals surface area contributed by atoms with Crippen LogP contribution in [0.3, 0.4) is 0 Å². The number of fused-ring (bicyclic) bond motifs is 2. The van der Waals surface area contributed by atoms with E-state index in [4.69, 9.17) is 13.6 Å². The van der Waals surface area contributed by atoms with E-state index in [1.54, 1.807) is 0 Å². The highest BCUT2D eigenvalue weighted by molar-refractivity contribution is 7.89. The van der Waals surface area contributed by atoms with Gasteiger partial charge in [-0.05, 0) is 18.6 Å². The molecule has 0 amide bonds. The average Bonchev–Trinajstić information content (AvgIpc) is 3.37. The number of H-pyrrole nitrogens is 1. The maximum atomic E-state index is 13.0. The maximum Gasteiger partial charge on any atom is 0.417 e. The summed E-state index contributed by atoms with van der Waals surface area (Å²) in [5.74, 6) is 0.899. The highest BCUT2D eigenvalue weighted by Gasteiger charge is 2.33. The second-order valence-electron chi connectivity index (χ2n) is 6.74. The minimum Gasteiger partial charge on any atom is -0.445 e. The Kier molecular flexibility index (Phi) is 3.74. The lowest BCUT2D eigenvalue weighted by atomic mass is 10.1. The standard InChI is InChI=1S/C17H17N3O6S/c21-17-19-12-2-1-11(7-15(12)26-17)27(22,23)20-5-3-14-13(8-20)18-16(25-14)10-4-6-24-9-10/h1-2,7,10H,3-6,8-9H2,(H,19,21). The largest absolute Gasteiger partial charge is 0.445 e. The van der Waals surface area contributed by atoms with E-state index in [1.165, 1.54) is 22.5 Å². The molecule has 1 aromatic carbocycles. The molecule has 5 rings (SSSR count). The van der Waals surface area contributed by atoms with E-state index in [2.05, 4.69) is 9.97 Å². The molecule has 2 aromatic heterocycles. The van der Waals surface area contributed by atoms with Crippen LogP contribution in [0.25, 0.3) is 11.1 Å². The molecule has 9 nitrogen and oxygen atoms in total. The third-order valence-corrected chi connectivity index (χ3v) is 6.86. The zero-order valence-corrected chi connectivity index (χ0v) is 15.1. The number of hydrogen-bond acceptors (Lipinski definition) is 7. The molecule has 0 bridgehead atoms. The van der Waals surface area contributed by atoms with Crippen LogP contribution >= 0.6 is 0 Å². The fraction of sp³-hybridized carbons (Fsp3) is 0.412. The molecule has 0 spiro atoms. The lowest BCUT2D eigenvalue weighted by Crippen LogP contribution is -2.35. The van der Waals surface area contributed by atoms with Crippen LogP contribution in [-0.4, -0.2) is 42.4 Å². The van der Waals surface area contributed by atoms with Crippen LogP contribution in [0.1, 0.15) is 29.7 Å². The molecule has 27 heavy (non-hydrogen) atoms. The van der Waals surface area contributed by atoms with E-state index in [9.17, 15) is 13.2 Å². The minimum absolute atomic E-state index is 0.0779. The molecule has 142 valence electrons. The van der Waals surface area contributed by atoms with Gasteiger partial charge in [-0.3, -0.25) is 4.98 Å². The molecule has 3 aromatic rings. The summed E-state index contributed by atoms with van der Waals surface area (Å²) in [6.45, 7) is 1.74. The van der Waals surface area contributed by atoms with Crippen molar-refractivity contribution in [2.24, 2.45) is 0 Å². The lowest BCUT2D eigenvalue weighted by molar-refractivity contribution is 0.190. The zero-order chi connectivity index (χ0) is 18.6. The molecular weight excluding hydrogens is 374 g/mol. The molecule has 2 aliphatic rings. The van der Waals surface area contributed by atoms with Crippen LogP contribution in [0.4, 0.5) is 0 Å². The maximum absolute atomic E-state index is 13.0. The number of oxazole rings is 2. The first kappa shape index (κ1) is 16.7. The van der Waals surface area contributed by atoms with E-state index in [-0.39, 0.29) is 22.9 Å². The molecule has 1 unspecified atom stereocenters. The Hall–Kier alpha value is -2.43. The Bertz CT molecular complexity index is 1170. The summed E-state index contributed by atoms with van der Waals surface area (Å²) in [6, 6.07) is 4.35. The third-order valence-electron chi connectivity index (χ3n) is 5.02. The topological polar surface area (TPSA) is 119 Å². The molecule has 0 saturated carbocycles. The van der Waals surface area contributed by atoms with Crippen LogP contribution in [0.2, 0.25) is 0 Å². The summed E-state index contributed by atoms with van der Waals surface area (Å²) in [5.41, 5.74) is 1.32. The Morgan fingerprint density at radius 3 is 2.96 bits per heavy atom. The monoisotopic (exact) mass is 391 g/mol. The second-order valence-corrected chi connectivity index (χ2v) is 8.68. The molecule has 1 fully saturated rings. The summed E-state index contributed by atoms with van der Waals surface area (Å²) < 4.78 is 43.6. The number of aromatic nitrogens is 2. The van der Waals surface area contributed by atoms with E-state index >= 15 is 0 Å². The van der Waals surface area contributed by atoms with Gasteiger partial charge in [-0.15, -0.1) is 0 Å². The average molecular weight is 391 g/mol. The highest BCUT2D eigenvalue weighted by Crippen LogP contribution is 2.31. The number of aromatic amines is 1. The van der Waals surface area contributed by atoms with Gasteiger partial charge in [0.05, 0.1) is 35.2 Å². The predicted molar refractivity (Wildman–Crippen MR) is 92.8 cm³/mol. The summed E-state index contributed by atoms with van der Waals surface area (Å²) >= 11 is 0. The Morgan fingerprint density at radius 1 is 1.26 bits per heavy atom. The van der Waals surface area contributed by atoms with Crippen LogP contribution < -0.4 is 5.76 Å². The number of rotatable bonds is 3. The summed E-state index contributed by atoms with van der Waals surface area (Å²) in [6.07, 6.45) is 1.33. The van der Waals surface area contributed by atoms with Crippen molar-refractivity contribution in [2.75, 3.05) is 19.8 Å². The van der Waals surface area contributed by atoms with Crippen molar-refractivity contribution in [1.29, 1.82) is 0 Å². The number of sulfonamides is 1. The van der Waals surface area contributed by atoms with Gasteiger partial charge in [0.1, 0.15) is 5.76 Å². The fourth-order valence-electron chi connectivity index (χ4n) is 3.54. The number of nitrogens with zero attached hydrogens (tertiary/aromatic N) is 2. The van der Waals surface area contributed by atoms with Gasteiger partial charge in [0.25, 0.3) is 0 Å². The van der Waals surface area contributed by atoms with Gasteiger partial charge in [0.2, 0.25) is 10.0 Å². The van der Waals surface area contributed by atoms with Crippen molar-refractivity contribution in [2.45, 2.75) is 30.2 Å². The number of nitrogens with one attached hydrogen (secondary N) is 1. The van der Waals surface area contributed by atoms with E-state index in [0.29, 0.717) is 43.3 Å². The van der Waals surface area contributed by atoms with E-state index in [0.717, 1.165) is 12.2 Å². The van der Waals surface area contributed by atoms with Gasteiger partial charge in [0.15, 0.2) is 11.5 Å². The SMILES string of the molecule is O=c1[nH]c2ccc(S(=O)(=O)N3CCc4oc(C5CCOC5)nc4C3)cc2o1. The number of ether oxygens (including phenoxy) is 1. The van der Waals surface area contributed by atoms with Crippen molar-refractivity contribution < 1.29 is 22.0 Å². The van der Waals surface area contributed by atoms with Crippen molar-refractivity contribution in [3.63, 3.8) is 0 Å². The summed E-state index contributed by atoms with van der Waals surface area (Å²) in [4.78, 5) is 18.4. The quantitative estimate of drug-likeness (QED) is 0.716. The van der Waals surface area contributed by atoms with E-state index < -0.39 is 15.8 Å². The molecule has 1 N–H and O–H groups in total. The van der Waals surface area contributed by atoms with Gasteiger partial charge in [0, 0.05) is 25.6 Å². The molecule has 0 aliphatic carbocycles. The lowest BCUT2D eigenvalue weighted by Gasteiger charge is -2.24. The molecule has 10 heteroatoms. The van der Waals surface area contributed by atoms with Crippen molar-refractivity contribution >= 4 is 21.1 Å². The van der Waals surface area contributed by atoms with Crippen molar-refractivity contribution in [3.05, 3.63) is 46.1 Å². The van der Waals surface area contributed by atoms with Crippen molar-refractivity contribution in [3.8, 4) is 0 Å². The van der Waals surface area contributed by atoms with Crippen LogP contribution in [0, 0.1) is 0 Å².